The molecule has 0 fully saturated rings. The zero-order valence-electron chi connectivity index (χ0n) is 13.5. The number of fused-ring (bicyclic) bond motifs is 1. The first-order valence-corrected chi connectivity index (χ1v) is 7.81. The molecular weight excluding hydrogens is 246 g/mol. The van der Waals surface area contributed by atoms with Crippen LogP contribution in [0.2, 0.25) is 0 Å². The number of hydrogen-bond acceptors (Lipinski definition) is 1. The van der Waals surface area contributed by atoms with Crippen molar-refractivity contribution in [1.29, 1.82) is 0 Å². The summed E-state index contributed by atoms with van der Waals surface area (Å²) in [5.74, 6) is 0.197. The van der Waals surface area contributed by atoms with Gasteiger partial charge >= 0.3 is 0 Å². The number of nitrogens with one attached hydrogen (secondary N) is 1. The standard InChI is InChI=1S/C18H27NO/c1-6-10-18(11-7-2)14-12-13(17(3,4)5)8-9-15(14)19-16(18)20/h8-9,12H,6-7,10-11H2,1-5H3,(H,19,20). The van der Waals surface area contributed by atoms with E-state index in [2.05, 4.69) is 58.1 Å². The lowest BCUT2D eigenvalue weighted by Gasteiger charge is -2.28. The van der Waals surface area contributed by atoms with Crippen molar-refractivity contribution in [3.05, 3.63) is 29.3 Å². The van der Waals surface area contributed by atoms with Crippen LogP contribution in [0.4, 0.5) is 5.69 Å². The molecule has 1 aliphatic rings. The second-order valence-corrected chi connectivity index (χ2v) is 7.05. The molecule has 0 unspecified atom stereocenters. The van der Waals surface area contributed by atoms with E-state index in [1.54, 1.807) is 0 Å². The smallest absolute Gasteiger partial charge is 0.235 e. The predicted octanol–water partition coefficient (Wildman–Crippen LogP) is 4.77. The molecule has 2 heteroatoms. The number of hydrogen-bond donors (Lipinski definition) is 1. The number of amides is 1. The highest BCUT2D eigenvalue weighted by atomic mass is 16.2. The second-order valence-electron chi connectivity index (χ2n) is 7.05. The van der Waals surface area contributed by atoms with E-state index in [4.69, 9.17) is 0 Å². The van der Waals surface area contributed by atoms with Gasteiger partial charge in [-0.1, -0.05) is 59.6 Å². The van der Waals surface area contributed by atoms with Crippen LogP contribution in [0.1, 0.15) is 71.4 Å². The molecule has 20 heavy (non-hydrogen) atoms. The summed E-state index contributed by atoms with van der Waals surface area (Å²) in [6, 6.07) is 6.49. The highest BCUT2D eigenvalue weighted by molar-refractivity contribution is 6.06. The van der Waals surface area contributed by atoms with E-state index in [1.807, 2.05) is 0 Å². The van der Waals surface area contributed by atoms with Gasteiger partial charge in [0.15, 0.2) is 0 Å². The molecule has 0 spiro atoms. The Morgan fingerprint density at radius 3 is 2.20 bits per heavy atom. The fraction of sp³-hybridized carbons (Fsp3) is 0.611. The van der Waals surface area contributed by atoms with Gasteiger partial charge in [0.25, 0.3) is 0 Å². The van der Waals surface area contributed by atoms with Gasteiger partial charge in [-0.2, -0.15) is 0 Å². The monoisotopic (exact) mass is 273 g/mol. The maximum atomic E-state index is 12.6. The molecular formula is C18H27NO. The Bertz CT molecular complexity index is 505. The summed E-state index contributed by atoms with van der Waals surface area (Å²) in [6.07, 6.45) is 3.94. The first-order valence-electron chi connectivity index (χ1n) is 7.81. The van der Waals surface area contributed by atoms with Gasteiger partial charge in [0.1, 0.15) is 0 Å². The molecule has 1 N–H and O–H groups in total. The van der Waals surface area contributed by atoms with Crippen LogP contribution in [0.25, 0.3) is 0 Å². The highest BCUT2D eigenvalue weighted by Gasteiger charge is 2.45. The molecule has 0 saturated carbocycles. The van der Waals surface area contributed by atoms with E-state index in [0.29, 0.717) is 0 Å². The molecule has 1 amide bonds. The Kier molecular flexibility index (Phi) is 3.95. The fourth-order valence-electron chi connectivity index (χ4n) is 3.35. The lowest BCUT2D eigenvalue weighted by molar-refractivity contribution is -0.121. The van der Waals surface area contributed by atoms with Gasteiger partial charge in [0.05, 0.1) is 5.41 Å². The van der Waals surface area contributed by atoms with E-state index in [0.717, 1.165) is 31.4 Å². The van der Waals surface area contributed by atoms with Gasteiger partial charge in [0, 0.05) is 5.69 Å². The number of carbonyl (C=O) groups is 1. The van der Waals surface area contributed by atoms with E-state index >= 15 is 0 Å². The first kappa shape index (κ1) is 15.1. The van der Waals surface area contributed by atoms with Crippen LogP contribution < -0.4 is 5.32 Å². The molecule has 0 radical (unpaired) electrons. The van der Waals surface area contributed by atoms with Crippen LogP contribution in [0, 0.1) is 0 Å². The molecule has 1 aromatic carbocycles. The summed E-state index contributed by atoms with van der Waals surface area (Å²) in [5.41, 5.74) is 3.36. The molecule has 1 aliphatic heterocycles. The summed E-state index contributed by atoms with van der Waals surface area (Å²) in [7, 11) is 0. The van der Waals surface area contributed by atoms with Crippen molar-refractivity contribution >= 4 is 11.6 Å². The maximum absolute atomic E-state index is 12.6. The van der Waals surface area contributed by atoms with Crippen molar-refractivity contribution < 1.29 is 4.79 Å². The topological polar surface area (TPSA) is 29.1 Å². The molecule has 2 nitrogen and oxygen atoms in total. The van der Waals surface area contributed by atoms with Crippen molar-refractivity contribution in [1.82, 2.24) is 0 Å². The van der Waals surface area contributed by atoms with Crippen molar-refractivity contribution in [3.8, 4) is 0 Å². The fourth-order valence-corrected chi connectivity index (χ4v) is 3.35. The van der Waals surface area contributed by atoms with Crippen LogP contribution in [0.3, 0.4) is 0 Å². The Morgan fingerprint density at radius 2 is 1.70 bits per heavy atom. The molecule has 110 valence electrons. The van der Waals surface area contributed by atoms with Crippen LogP contribution in [-0.4, -0.2) is 5.91 Å². The van der Waals surface area contributed by atoms with E-state index in [-0.39, 0.29) is 16.7 Å². The number of benzene rings is 1. The van der Waals surface area contributed by atoms with Crippen LogP contribution in [0.5, 0.6) is 0 Å². The van der Waals surface area contributed by atoms with Gasteiger partial charge in [0.2, 0.25) is 5.91 Å². The molecule has 1 heterocycles. The average Bonchev–Trinajstić information content (AvgIpc) is 2.62. The van der Waals surface area contributed by atoms with E-state index in [9.17, 15) is 4.79 Å². The lowest BCUT2D eigenvalue weighted by Crippen LogP contribution is -2.34. The van der Waals surface area contributed by atoms with Crippen LogP contribution >= 0.6 is 0 Å². The minimum absolute atomic E-state index is 0.116. The summed E-state index contributed by atoms with van der Waals surface area (Å²) < 4.78 is 0. The SMILES string of the molecule is CCCC1(CCC)C(=O)Nc2ccc(C(C)(C)C)cc21. The van der Waals surface area contributed by atoms with Crippen molar-refractivity contribution in [2.45, 2.75) is 71.1 Å². The molecule has 0 atom stereocenters. The molecule has 1 aromatic rings. The van der Waals surface area contributed by atoms with Crippen LogP contribution in [0.15, 0.2) is 18.2 Å². The Hall–Kier alpha value is -1.31. The molecule has 0 aromatic heterocycles. The summed E-state index contributed by atoms with van der Waals surface area (Å²) in [4.78, 5) is 12.6. The summed E-state index contributed by atoms with van der Waals surface area (Å²) >= 11 is 0. The predicted molar refractivity (Wildman–Crippen MR) is 85.3 cm³/mol. The van der Waals surface area contributed by atoms with E-state index < -0.39 is 0 Å². The summed E-state index contributed by atoms with van der Waals surface area (Å²) in [6.45, 7) is 11.0. The molecule has 2 rings (SSSR count). The van der Waals surface area contributed by atoms with Crippen molar-refractivity contribution in [2.24, 2.45) is 0 Å². The third kappa shape index (κ3) is 2.36. The van der Waals surface area contributed by atoms with Crippen molar-refractivity contribution in [3.63, 3.8) is 0 Å². The van der Waals surface area contributed by atoms with Crippen molar-refractivity contribution in [2.75, 3.05) is 5.32 Å². The quantitative estimate of drug-likeness (QED) is 0.840. The Labute approximate surface area is 123 Å². The Morgan fingerprint density at radius 1 is 1.10 bits per heavy atom. The van der Waals surface area contributed by atoms with E-state index in [1.165, 1.54) is 11.1 Å². The van der Waals surface area contributed by atoms with Gasteiger partial charge in [-0.15, -0.1) is 0 Å². The molecule has 0 saturated heterocycles. The minimum Gasteiger partial charge on any atom is -0.325 e. The van der Waals surface area contributed by atoms with Gasteiger partial charge in [-0.3, -0.25) is 4.79 Å². The van der Waals surface area contributed by atoms with Gasteiger partial charge < -0.3 is 5.32 Å². The third-order valence-electron chi connectivity index (χ3n) is 4.44. The van der Waals surface area contributed by atoms with Gasteiger partial charge in [-0.25, -0.2) is 0 Å². The Balaban J connectivity index is 2.56. The lowest BCUT2D eigenvalue weighted by atomic mass is 9.73. The van der Waals surface area contributed by atoms with Crippen LogP contribution in [-0.2, 0) is 15.6 Å². The second kappa shape index (κ2) is 5.23. The number of anilines is 1. The first-order chi connectivity index (χ1) is 9.35. The highest BCUT2D eigenvalue weighted by Crippen LogP contribution is 2.45. The number of rotatable bonds is 4. The normalized spacial score (nSPS) is 16.9. The molecule has 0 aliphatic carbocycles. The maximum Gasteiger partial charge on any atom is 0.235 e. The third-order valence-corrected chi connectivity index (χ3v) is 4.44. The summed E-state index contributed by atoms with van der Waals surface area (Å²) in [5, 5.41) is 3.10. The average molecular weight is 273 g/mol. The largest absolute Gasteiger partial charge is 0.325 e. The number of carbonyl (C=O) groups excluding carboxylic acids is 1. The zero-order valence-corrected chi connectivity index (χ0v) is 13.5. The minimum atomic E-state index is -0.305. The zero-order chi connectivity index (χ0) is 15.0. The molecule has 0 bridgehead atoms. The van der Waals surface area contributed by atoms with Gasteiger partial charge in [-0.05, 0) is 35.4 Å².